The lowest BCUT2D eigenvalue weighted by Crippen LogP contribution is -2.41. The number of carbonyl (C=O) groups is 2. The third-order valence-corrected chi connectivity index (χ3v) is 5.89. The zero-order valence-corrected chi connectivity index (χ0v) is 18.8. The summed E-state index contributed by atoms with van der Waals surface area (Å²) in [7, 11) is 1.58. The van der Waals surface area contributed by atoms with Crippen molar-refractivity contribution in [3.8, 4) is 11.3 Å². The Kier molecular flexibility index (Phi) is 6.72. The number of likely N-dealkylation sites (tertiary alicyclic amines) is 1. The van der Waals surface area contributed by atoms with E-state index in [1.54, 1.807) is 41.8 Å². The van der Waals surface area contributed by atoms with Gasteiger partial charge < -0.3 is 14.4 Å². The molecule has 0 unspecified atom stereocenters. The molecule has 0 saturated carbocycles. The predicted octanol–water partition coefficient (Wildman–Crippen LogP) is 3.61. The number of halogens is 1. The van der Waals surface area contributed by atoms with Crippen molar-refractivity contribution in [2.24, 2.45) is 5.92 Å². The SMILES string of the molecule is CCOC(=O)C1CCN(C(=O)c2cnc3cc(-c4ccc(Cl)cc4)nn3c2COC)CC1. The number of carbonyl (C=O) groups excluding carboxylic acids is 2. The van der Waals surface area contributed by atoms with Gasteiger partial charge >= 0.3 is 5.97 Å². The molecule has 168 valence electrons. The molecule has 0 spiro atoms. The molecule has 1 aromatic carbocycles. The summed E-state index contributed by atoms with van der Waals surface area (Å²) in [6.45, 7) is 3.35. The van der Waals surface area contributed by atoms with E-state index in [1.165, 1.54) is 0 Å². The Hall–Kier alpha value is -2.97. The Balaban J connectivity index is 1.61. The van der Waals surface area contributed by atoms with E-state index < -0.39 is 0 Å². The minimum atomic E-state index is -0.186. The van der Waals surface area contributed by atoms with Gasteiger partial charge in [-0.3, -0.25) is 9.59 Å². The smallest absolute Gasteiger partial charge is 0.309 e. The van der Waals surface area contributed by atoms with Crippen molar-refractivity contribution in [3.63, 3.8) is 0 Å². The zero-order valence-electron chi connectivity index (χ0n) is 18.1. The maximum absolute atomic E-state index is 13.3. The number of hydrogen-bond donors (Lipinski definition) is 0. The third-order valence-electron chi connectivity index (χ3n) is 5.64. The first kappa shape index (κ1) is 22.2. The van der Waals surface area contributed by atoms with Crippen LogP contribution in [0.25, 0.3) is 16.9 Å². The second kappa shape index (κ2) is 9.67. The average Bonchev–Trinajstić information content (AvgIpc) is 3.24. The molecule has 0 aliphatic carbocycles. The Bertz CT molecular complexity index is 1120. The van der Waals surface area contributed by atoms with Crippen LogP contribution < -0.4 is 0 Å². The summed E-state index contributed by atoms with van der Waals surface area (Å²) in [6, 6.07) is 9.25. The molecule has 3 heterocycles. The molecule has 2 aromatic heterocycles. The van der Waals surface area contributed by atoms with Gasteiger partial charge in [0.25, 0.3) is 5.91 Å². The lowest BCUT2D eigenvalue weighted by molar-refractivity contribution is -0.149. The quantitative estimate of drug-likeness (QED) is 0.527. The fraction of sp³-hybridized carbons (Fsp3) is 0.391. The highest BCUT2D eigenvalue weighted by Crippen LogP contribution is 2.25. The molecule has 9 heteroatoms. The minimum Gasteiger partial charge on any atom is -0.466 e. The minimum absolute atomic E-state index is 0.141. The number of amides is 1. The summed E-state index contributed by atoms with van der Waals surface area (Å²) in [6.07, 6.45) is 2.75. The van der Waals surface area contributed by atoms with Gasteiger partial charge in [0.1, 0.15) is 0 Å². The first-order valence-corrected chi connectivity index (χ1v) is 11.0. The predicted molar refractivity (Wildman–Crippen MR) is 119 cm³/mol. The van der Waals surface area contributed by atoms with Gasteiger partial charge in [0, 0.05) is 43.0 Å². The molecule has 8 nitrogen and oxygen atoms in total. The van der Waals surface area contributed by atoms with Gasteiger partial charge in [0.2, 0.25) is 0 Å². The molecule has 0 radical (unpaired) electrons. The molecule has 3 aromatic rings. The van der Waals surface area contributed by atoms with Crippen LogP contribution in [0.1, 0.15) is 35.8 Å². The largest absolute Gasteiger partial charge is 0.466 e. The fourth-order valence-electron chi connectivity index (χ4n) is 3.95. The summed E-state index contributed by atoms with van der Waals surface area (Å²) in [5.74, 6) is -0.488. The van der Waals surface area contributed by atoms with Gasteiger partial charge in [0.15, 0.2) is 5.65 Å². The highest BCUT2D eigenvalue weighted by atomic mass is 35.5. The number of piperidine rings is 1. The van der Waals surface area contributed by atoms with Crippen LogP contribution in [0.2, 0.25) is 5.02 Å². The van der Waals surface area contributed by atoms with E-state index in [1.807, 2.05) is 18.2 Å². The van der Waals surface area contributed by atoms with Crippen LogP contribution in [0.5, 0.6) is 0 Å². The summed E-state index contributed by atoms with van der Waals surface area (Å²) in [4.78, 5) is 31.5. The molecular weight excluding hydrogens is 432 g/mol. The van der Waals surface area contributed by atoms with Crippen molar-refractivity contribution in [2.75, 3.05) is 26.8 Å². The maximum Gasteiger partial charge on any atom is 0.309 e. The first-order chi connectivity index (χ1) is 15.5. The molecule has 1 saturated heterocycles. The number of nitrogens with zero attached hydrogens (tertiary/aromatic N) is 4. The lowest BCUT2D eigenvalue weighted by atomic mass is 9.96. The van der Waals surface area contributed by atoms with Crippen molar-refractivity contribution in [1.82, 2.24) is 19.5 Å². The van der Waals surface area contributed by atoms with Gasteiger partial charge in [0.05, 0.1) is 36.1 Å². The van der Waals surface area contributed by atoms with Gasteiger partial charge in [-0.25, -0.2) is 9.50 Å². The highest BCUT2D eigenvalue weighted by Gasteiger charge is 2.30. The summed E-state index contributed by atoms with van der Waals surface area (Å²) >= 11 is 5.99. The molecule has 32 heavy (non-hydrogen) atoms. The van der Waals surface area contributed by atoms with Gasteiger partial charge in [-0.1, -0.05) is 23.7 Å². The van der Waals surface area contributed by atoms with E-state index in [2.05, 4.69) is 10.1 Å². The number of fused-ring (bicyclic) bond motifs is 1. The third kappa shape index (κ3) is 4.47. The van der Waals surface area contributed by atoms with Crippen molar-refractivity contribution in [2.45, 2.75) is 26.4 Å². The fourth-order valence-corrected chi connectivity index (χ4v) is 4.07. The van der Waals surface area contributed by atoms with Crippen LogP contribution in [0, 0.1) is 5.92 Å². The molecule has 1 fully saturated rings. The van der Waals surface area contributed by atoms with E-state index in [9.17, 15) is 9.59 Å². The van der Waals surface area contributed by atoms with Gasteiger partial charge in [-0.2, -0.15) is 5.10 Å². The summed E-state index contributed by atoms with van der Waals surface area (Å²) < 4.78 is 12.2. The molecule has 4 rings (SSSR count). The molecule has 1 aliphatic heterocycles. The van der Waals surface area contributed by atoms with Crippen LogP contribution in [-0.2, 0) is 20.9 Å². The van der Waals surface area contributed by atoms with Crippen molar-refractivity contribution < 1.29 is 19.1 Å². The molecule has 1 amide bonds. The topological polar surface area (TPSA) is 86.0 Å². The molecule has 0 atom stereocenters. The van der Waals surface area contributed by atoms with Crippen molar-refractivity contribution >= 4 is 29.1 Å². The van der Waals surface area contributed by atoms with E-state index in [-0.39, 0.29) is 24.4 Å². The number of rotatable bonds is 6. The zero-order chi connectivity index (χ0) is 22.7. The normalized spacial score (nSPS) is 14.7. The van der Waals surface area contributed by atoms with E-state index in [0.29, 0.717) is 54.5 Å². The van der Waals surface area contributed by atoms with Crippen LogP contribution >= 0.6 is 11.6 Å². The number of ether oxygens (including phenoxy) is 2. The van der Waals surface area contributed by atoms with E-state index in [0.717, 1.165) is 11.3 Å². The molecule has 0 bridgehead atoms. The van der Waals surface area contributed by atoms with E-state index in [4.69, 9.17) is 21.1 Å². The van der Waals surface area contributed by atoms with Gasteiger partial charge in [-0.15, -0.1) is 0 Å². The Morgan fingerprint density at radius 1 is 1.19 bits per heavy atom. The second-order valence-corrected chi connectivity index (χ2v) is 8.11. The Labute approximate surface area is 191 Å². The van der Waals surface area contributed by atoms with Gasteiger partial charge in [-0.05, 0) is 31.9 Å². The van der Waals surface area contributed by atoms with Crippen LogP contribution in [0.15, 0.2) is 36.5 Å². The number of esters is 1. The monoisotopic (exact) mass is 456 g/mol. The van der Waals surface area contributed by atoms with Crippen LogP contribution in [0.4, 0.5) is 0 Å². The molecule has 0 N–H and O–H groups in total. The van der Waals surface area contributed by atoms with Crippen LogP contribution in [-0.4, -0.2) is 58.2 Å². The molecule has 1 aliphatic rings. The standard InChI is InChI=1S/C23H25ClN4O4/c1-3-32-23(30)16-8-10-27(11-9-16)22(29)18-13-25-21-12-19(15-4-6-17(24)7-5-15)26-28(21)20(18)14-31-2/h4-7,12-13,16H,3,8-11,14H2,1-2H3. The molecular formula is C23H25ClN4O4. The Morgan fingerprint density at radius 3 is 2.56 bits per heavy atom. The number of benzene rings is 1. The number of aromatic nitrogens is 3. The maximum atomic E-state index is 13.3. The Morgan fingerprint density at radius 2 is 1.91 bits per heavy atom. The first-order valence-electron chi connectivity index (χ1n) is 10.6. The lowest BCUT2D eigenvalue weighted by Gasteiger charge is -2.31. The second-order valence-electron chi connectivity index (χ2n) is 7.68. The summed E-state index contributed by atoms with van der Waals surface area (Å²) in [5.41, 5.74) is 3.33. The van der Waals surface area contributed by atoms with Crippen LogP contribution in [0.3, 0.4) is 0 Å². The van der Waals surface area contributed by atoms with Crippen molar-refractivity contribution in [3.05, 3.63) is 52.8 Å². The highest BCUT2D eigenvalue weighted by molar-refractivity contribution is 6.30. The summed E-state index contributed by atoms with van der Waals surface area (Å²) in [5, 5.41) is 5.32. The van der Waals surface area contributed by atoms with E-state index >= 15 is 0 Å². The average molecular weight is 457 g/mol. The number of hydrogen-bond acceptors (Lipinski definition) is 6. The number of methoxy groups -OCH3 is 1. The van der Waals surface area contributed by atoms with Crippen molar-refractivity contribution in [1.29, 1.82) is 0 Å².